The second-order valence-corrected chi connectivity index (χ2v) is 14.4. The van der Waals surface area contributed by atoms with E-state index in [0.29, 0.717) is 13.2 Å². The molecule has 2 N–H and O–H groups in total. The zero-order valence-electron chi connectivity index (χ0n) is 31.0. The Morgan fingerprint density at radius 3 is 1.53 bits per heavy atom. The number of hydrogen-bond acceptors (Lipinski definition) is 8. The molecular formula is C44H53NO8. The molecule has 9 heteroatoms. The maximum atomic E-state index is 13.1. The van der Waals surface area contributed by atoms with Gasteiger partial charge in [0.15, 0.2) is 0 Å². The van der Waals surface area contributed by atoms with Crippen molar-refractivity contribution >= 4 is 6.09 Å². The van der Waals surface area contributed by atoms with Gasteiger partial charge in [0, 0.05) is 12.8 Å². The Bertz CT molecular complexity index is 1650. The van der Waals surface area contributed by atoms with Crippen molar-refractivity contribution in [1.29, 1.82) is 0 Å². The van der Waals surface area contributed by atoms with Crippen molar-refractivity contribution in [3.8, 4) is 0 Å². The van der Waals surface area contributed by atoms with Gasteiger partial charge in [0.25, 0.3) is 0 Å². The molecule has 4 aromatic carbocycles. The standard InChI is InChI=1S/C44H53NO8/c1-5-26-44(47,45-42(46)53-43(2,3)4)27-37-39(49-29-34-20-12-7-13-21-34)41(51-31-36-24-16-9-17-25-36)40(50-30-35-22-14-8-15-23-35)38(52-37)32-48-28-33-18-10-6-11-19-33/h5-25,37-41,47H,1,26-32H2,2-4H3,(H,45,46)/t37-,38+,39-,40-,41+,44-/m0/s1. The van der Waals surface area contributed by atoms with E-state index in [2.05, 4.69) is 11.9 Å². The van der Waals surface area contributed by atoms with Gasteiger partial charge in [-0.1, -0.05) is 127 Å². The Labute approximate surface area is 313 Å². The largest absolute Gasteiger partial charge is 0.444 e. The molecule has 1 aliphatic rings. The zero-order valence-corrected chi connectivity index (χ0v) is 31.0. The van der Waals surface area contributed by atoms with Gasteiger partial charge < -0.3 is 33.5 Å². The van der Waals surface area contributed by atoms with E-state index in [9.17, 15) is 9.90 Å². The van der Waals surface area contributed by atoms with Gasteiger partial charge in [-0.2, -0.15) is 0 Å². The molecule has 6 atom stereocenters. The fourth-order valence-corrected chi connectivity index (χ4v) is 6.30. The fourth-order valence-electron chi connectivity index (χ4n) is 6.30. The first-order valence-electron chi connectivity index (χ1n) is 18.2. The minimum absolute atomic E-state index is 0.0240. The molecule has 53 heavy (non-hydrogen) atoms. The lowest BCUT2D eigenvalue weighted by Gasteiger charge is -2.48. The van der Waals surface area contributed by atoms with Crippen LogP contribution in [0.4, 0.5) is 4.79 Å². The highest BCUT2D eigenvalue weighted by atomic mass is 16.6. The Balaban J connectivity index is 1.51. The summed E-state index contributed by atoms with van der Waals surface area (Å²) in [6.07, 6.45) is -2.75. The minimum Gasteiger partial charge on any atom is -0.444 e. The van der Waals surface area contributed by atoms with Crippen molar-refractivity contribution < 1.29 is 38.3 Å². The smallest absolute Gasteiger partial charge is 0.409 e. The molecule has 1 amide bonds. The highest BCUT2D eigenvalue weighted by molar-refractivity contribution is 5.68. The number of amides is 1. The average Bonchev–Trinajstić information content (AvgIpc) is 3.14. The lowest BCUT2D eigenvalue weighted by atomic mass is 9.88. The number of ether oxygens (including phenoxy) is 6. The quantitative estimate of drug-likeness (QED) is 0.0789. The van der Waals surface area contributed by atoms with Crippen LogP contribution in [0.1, 0.15) is 55.9 Å². The highest BCUT2D eigenvalue weighted by Crippen LogP contribution is 2.35. The number of aliphatic hydroxyl groups is 1. The van der Waals surface area contributed by atoms with Crippen LogP contribution in [-0.2, 0) is 54.8 Å². The molecule has 0 aliphatic carbocycles. The van der Waals surface area contributed by atoms with Gasteiger partial charge in [0.05, 0.1) is 39.1 Å². The van der Waals surface area contributed by atoms with E-state index in [0.717, 1.165) is 22.3 Å². The summed E-state index contributed by atoms with van der Waals surface area (Å²) in [6, 6.07) is 39.6. The van der Waals surface area contributed by atoms with Gasteiger partial charge in [-0.3, -0.25) is 5.32 Å². The van der Waals surface area contributed by atoms with Gasteiger partial charge in [0.2, 0.25) is 0 Å². The van der Waals surface area contributed by atoms with Gasteiger partial charge in [0.1, 0.15) is 35.7 Å². The summed E-state index contributed by atoms with van der Waals surface area (Å²) >= 11 is 0. The third-order valence-corrected chi connectivity index (χ3v) is 8.73. The number of nitrogens with one attached hydrogen (secondary N) is 1. The van der Waals surface area contributed by atoms with Gasteiger partial charge in [-0.25, -0.2) is 4.79 Å². The number of rotatable bonds is 18. The fraction of sp³-hybridized carbons (Fsp3) is 0.386. The summed E-state index contributed by atoms with van der Waals surface area (Å²) in [6.45, 7) is 10.5. The molecule has 0 unspecified atom stereocenters. The minimum atomic E-state index is -1.79. The van der Waals surface area contributed by atoms with Crippen molar-refractivity contribution in [3.05, 3.63) is 156 Å². The van der Waals surface area contributed by atoms with E-state index < -0.39 is 47.9 Å². The lowest BCUT2D eigenvalue weighted by Crippen LogP contribution is -2.63. The van der Waals surface area contributed by atoms with Crippen molar-refractivity contribution in [2.45, 2.75) is 102 Å². The first-order valence-corrected chi connectivity index (χ1v) is 18.2. The van der Waals surface area contributed by atoms with Gasteiger partial charge in [-0.05, 0) is 43.0 Å². The third kappa shape index (κ3) is 12.9. The van der Waals surface area contributed by atoms with Crippen LogP contribution in [0.5, 0.6) is 0 Å². The highest BCUT2D eigenvalue weighted by Gasteiger charge is 2.50. The summed E-state index contributed by atoms with van der Waals surface area (Å²) in [5, 5.41) is 14.7. The van der Waals surface area contributed by atoms with E-state index in [1.54, 1.807) is 26.8 Å². The van der Waals surface area contributed by atoms with Crippen molar-refractivity contribution in [1.82, 2.24) is 5.32 Å². The van der Waals surface area contributed by atoms with Crippen LogP contribution in [0, 0.1) is 0 Å². The summed E-state index contributed by atoms with van der Waals surface area (Å²) in [4.78, 5) is 13.1. The maximum absolute atomic E-state index is 13.1. The van der Waals surface area contributed by atoms with E-state index in [4.69, 9.17) is 28.4 Å². The van der Waals surface area contributed by atoms with E-state index in [1.807, 2.05) is 121 Å². The topological polar surface area (TPSA) is 105 Å². The average molecular weight is 724 g/mol. The summed E-state index contributed by atoms with van der Waals surface area (Å²) in [7, 11) is 0. The molecule has 1 heterocycles. The van der Waals surface area contributed by atoms with Gasteiger partial charge >= 0.3 is 6.09 Å². The molecule has 0 bridgehead atoms. The molecule has 1 fully saturated rings. The Hall–Kier alpha value is -4.35. The first kappa shape index (κ1) is 39.8. The summed E-state index contributed by atoms with van der Waals surface area (Å²) in [5.74, 6) is 0. The molecule has 4 aromatic rings. The van der Waals surface area contributed by atoms with Crippen LogP contribution in [-0.4, -0.2) is 59.7 Å². The molecule has 9 nitrogen and oxygen atoms in total. The molecule has 0 aromatic heterocycles. The van der Waals surface area contributed by atoms with Crippen LogP contribution in [0.2, 0.25) is 0 Å². The number of alkyl carbamates (subject to hydrolysis) is 1. The van der Waals surface area contributed by atoms with Gasteiger partial charge in [-0.15, -0.1) is 6.58 Å². The van der Waals surface area contributed by atoms with Crippen molar-refractivity contribution in [2.24, 2.45) is 0 Å². The first-order chi connectivity index (χ1) is 25.6. The van der Waals surface area contributed by atoms with Crippen LogP contribution in [0.3, 0.4) is 0 Å². The van der Waals surface area contributed by atoms with Crippen molar-refractivity contribution in [2.75, 3.05) is 6.61 Å². The van der Waals surface area contributed by atoms with E-state index in [1.165, 1.54) is 0 Å². The lowest BCUT2D eigenvalue weighted by molar-refractivity contribution is -0.280. The van der Waals surface area contributed by atoms with Crippen LogP contribution < -0.4 is 5.32 Å². The predicted octanol–water partition coefficient (Wildman–Crippen LogP) is 7.91. The Morgan fingerprint density at radius 1 is 0.679 bits per heavy atom. The van der Waals surface area contributed by atoms with Crippen molar-refractivity contribution in [3.63, 3.8) is 0 Å². The van der Waals surface area contributed by atoms with Crippen LogP contribution in [0.15, 0.2) is 134 Å². The molecule has 0 saturated carbocycles. The molecule has 282 valence electrons. The second-order valence-electron chi connectivity index (χ2n) is 14.4. The molecular weight excluding hydrogens is 670 g/mol. The molecule has 0 radical (unpaired) electrons. The Kier molecular flexibility index (Phi) is 14.8. The monoisotopic (exact) mass is 723 g/mol. The number of carbonyl (C=O) groups is 1. The molecule has 1 aliphatic heterocycles. The summed E-state index contributed by atoms with van der Waals surface area (Å²) < 4.78 is 39.0. The predicted molar refractivity (Wildman–Crippen MR) is 204 cm³/mol. The van der Waals surface area contributed by atoms with Crippen LogP contribution in [0.25, 0.3) is 0 Å². The normalized spacial score (nSPS) is 21.3. The van der Waals surface area contributed by atoms with E-state index >= 15 is 0 Å². The molecule has 0 spiro atoms. The number of benzene rings is 4. The Morgan fingerprint density at radius 2 is 1.09 bits per heavy atom. The third-order valence-electron chi connectivity index (χ3n) is 8.73. The summed E-state index contributed by atoms with van der Waals surface area (Å²) in [5.41, 5.74) is 1.37. The SMILES string of the molecule is C=CC[C@](O)(C[C@@H]1O[C@H](COCc2ccccc2)[C@H](OCc2ccccc2)[C@H](OCc2ccccc2)[C@H]1OCc1ccccc1)NC(=O)OC(C)(C)C. The van der Waals surface area contributed by atoms with E-state index in [-0.39, 0.29) is 32.7 Å². The number of carbonyl (C=O) groups excluding carboxylic acids is 1. The number of hydrogen-bond donors (Lipinski definition) is 2. The van der Waals surface area contributed by atoms with Crippen LogP contribution >= 0.6 is 0 Å². The molecule has 5 rings (SSSR count). The second kappa shape index (κ2) is 19.6. The maximum Gasteiger partial charge on any atom is 0.409 e. The zero-order chi connectivity index (χ0) is 37.5. The molecule has 1 saturated heterocycles.